The molecule has 0 radical (unpaired) electrons. The number of carbonyl (C=O) groups excluding carboxylic acids is 4. The van der Waals surface area contributed by atoms with E-state index in [9.17, 15) is 19.2 Å². The van der Waals surface area contributed by atoms with Crippen molar-refractivity contribution in [3.8, 4) is 0 Å². The van der Waals surface area contributed by atoms with Gasteiger partial charge in [-0.2, -0.15) is 0 Å². The molecule has 0 unspecified atom stereocenters. The molecule has 1 rings (SSSR count). The molecule has 0 bridgehead atoms. The van der Waals surface area contributed by atoms with E-state index in [-0.39, 0.29) is 6.42 Å². The number of carbonyl (C=O) groups is 4. The van der Waals surface area contributed by atoms with Gasteiger partial charge in [0.15, 0.2) is 5.92 Å². The molecule has 0 aromatic rings. The van der Waals surface area contributed by atoms with Gasteiger partial charge in [0.1, 0.15) is 0 Å². The largest absolute Gasteiger partial charge is 0.468 e. The van der Waals surface area contributed by atoms with Crippen LogP contribution >= 0.6 is 0 Å². The third kappa shape index (κ3) is 3.80. The first-order valence-electron chi connectivity index (χ1n) is 6.96. The number of amides is 1. The highest BCUT2D eigenvalue weighted by Gasteiger charge is 2.43. The molecule has 1 aliphatic heterocycles. The quantitative estimate of drug-likeness (QED) is 0.394. The second kappa shape index (κ2) is 7.75. The van der Waals surface area contributed by atoms with E-state index in [1.54, 1.807) is 6.92 Å². The Morgan fingerprint density at radius 1 is 1.00 bits per heavy atom. The normalized spacial score (nSPS) is 15.7. The predicted molar refractivity (Wildman–Crippen MR) is 72.1 cm³/mol. The summed E-state index contributed by atoms with van der Waals surface area (Å²) >= 11 is 0. The lowest BCUT2D eigenvalue weighted by Gasteiger charge is -2.23. The van der Waals surface area contributed by atoms with E-state index < -0.39 is 35.5 Å². The number of Topliss-reactive ketones (excluding diaryl/α,β-unsaturated/α-hetero) is 1. The lowest BCUT2D eigenvalue weighted by Crippen LogP contribution is -2.44. The van der Waals surface area contributed by atoms with Crippen LogP contribution in [0.2, 0.25) is 0 Å². The van der Waals surface area contributed by atoms with Crippen LogP contribution in [0.3, 0.4) is 0 Å². The molecule has 1 atom stereocenters. The summed E-state index contributed by atoms with van der Waals surface area (Å²) in [5, 5.41) is 0. The zero-order valence-corrected chi connectivity index (χ0v) is 12.6. The second-order valence-electron chi connectivity index (χ2n) is 4.90. The lowest BCUT2D eigenvalue weighted by molar-refractivity contribution is -0.164. The van der Waals surface area contributed by atoms with E-state index in [0.29, 0.717) is 13.1 Å². The SMILES string of the molecule is CC[C@@H](C(=O)C(=O)N1CCCC1)C(C(=O)OC)C(=O)OC. The molecule has 1 amide bonds. The fourth-order valence-electron chi connectivity index (χ4n) is 2.49. The number of ketones is 1. The maximum Gasteiger partial charge on any atom is 0.320 e. The molecule has 0 spiro atoms. The van der Waals surface area contributed by atoms with Gasteiger partial charge in [0.25, 0.3) is 5.91 Å². The zero-order valence-electron chi connectivity index (χ0n) is 12.6. The number of nitrogens with zero attached hydrogens (tertiary/aromatic N) is 1. The Balaban J connectivity index is 2.95. The van der Waals surface area contributed by atoms with Gasteiger partial charge in [0.2, 0.25) is 5.78 Å². The van der Waals surface area contributed by atoms with Gasteiger partial charge in [-0.15, -0.1) is 0 Å². The van der Waals surface area contributed by atoms with Crippen molar-refractivity contribution >= 4 is 23.6 Å². The third-order valence-electron chi connectivity index (χ3n) is 3.69. The summed E-state index contributed by atoms with van der Waals surface area (Å²) in [6.07, 6.45) is 1.88. The molecule has 0 aromatic heterocycles. The average molecular weight is 299 g/mol. The monoisotopic (exact) mass is 299 g/mol. The van der Waals surface area contributed by atoms with E-state index in [1.807, 2.05) is 0 Å². The number of ether oxygens (including phenoxy) is 2. The Bertz CT molecular complexity index is 411. The molecule has 0 N–H and O–H groups in total. The van der Waals surface area contributed by atoms with Gasteiger partial charge >= 0.3 is 11.9 Å². The summed E-state index contributed by atoms with van der Waals surface area (Å²) in [5.41, 5.74) is 0. The van der Waals surface area contributed by atoms with E-state index in [2.05, 4.69) is 9.47 Å². The highest BCUT2D eigenvalue weighted by Crippen LogP contribution is 2.22. The summed E-state index contributed by atoms with van der Waals surface area (Å²) in [4.78, 5) is 49.5. The predicted octanol–water partition coefficient (Wildman–Crippen LogP) is 0.166. The Morgan fingerprint density at radius 3 is 1.86 bits per heavy atom. The minimum Gasteiger partial charge on any atom is -0.468 e. The molecule has 1 heterocycles. The van der Waals surface area contributed by atoms with Crippen molar-refractivity contribution in [2.75, 3.05) is 27.3 Å². The van der Waals surface area contributed by atoms with Crippen LogP contribution in [0.25, 0.3) is 0 Å². The third-order valence-corrected chi connectivity index (χ3v) is 3.69. The van der Waals surface area contributed by atoms with E-state index in [4.69, 9.17) is 0 Å². The Hall–Kier alpha value is -1.92. The maximum atomic E-state index is 12.3. The molecular formula is C14H21NO6. The van der Waals surface area contributed by atoms with Crippen molar-refractivity contribution in [1.29, 1.82) is 0 Å². The zero-order chi connectivity index (χ0) is 16.0. The van der Waals surface area contributed by atoms with Crippen LogP contribution in [-0.4, -0.2) is 55.8 Å². The molecule has 0 aliphatic carbocycles. The van der Waals surface area contributed by atoms with Crippen LogP contribution in [0.5, 0.6) is 0 Å². The molecule has 21 heavy (non-hydrogen) atoms. The van der Waals surface area contributed by atoms with Crippen molar-refractivity contribution in [3.05, 3.63) is 0 Å². The molecule has 0 aromatic carbocycles. The molecule has 7 heteroatoms. The van der Waals surface area contributed by atoms with Crippen molar-refractivity contribution in [2.24, 2.45) is 11.8 Å². The molecule has 1 fully saturated rings. The Kier molecular flexibility index (Phi) is 6.33. The highest BCUT2D eigenvalue weighted by atomic mass is 16.5. The van der Waals surface area contributed by atoms with Gasteiger partial charge in [0, 0.05) is 13.1 Å². The molecule has 0 saturated carbocycles. The van der Waals surface area contributed by atoms with Crippen molar-refractivity contribution in [1.82, 2.24) is 4.90 Å². The minimum absolute atomic E-state index is 0.174. The molecule has 118 valence electrons. The number of likely N-dealkylation sites (tertiary alicyclic amines) is 1. The van der Waals surface area contributed by atoms with E-state index >= 15 is 0 Å². The number of methoxy groups -OCH3 is 2. The maximum absolute atomic E-state index is 12.3. The van der Waals surface area contributed by atoms with Crippen LogP contribution in [0.1, 0.15) is 26.2 Å². The fraction of sp³-hybridized carbons (Fsp3) is 0.714. The van der Waals surface area contributed by atoms with Gasteiger partial charge in [-0.25, -0.2) is 0 Å². The topological polar surface area (TPSA) is 90.0 Å². The minimum atomic E-state index is -1.40. The number of hydrogen-bond donors (Lipinski definition) is 0. The van der Waals surface area contributed by atoms with Crippen LogP contribution in [0.15, 0.2) is 0 Å². The second-order valence-corrected chi connectivity index (χ2v) is 4.90. The summed E-state index contributed by atoms with van der Waals surface area (Å²) in [7, 11) is 2.25. The van der Waals surface area contributed by atoms with Crippen LogP contribution < -0.4 is 0 Å². The van der Waals surface area contributed by atoms with E-state index in [1.165, 1.54) is 4.90 Å². The average Bonchev–Trinajstić information content (AvgIpc) is 3.03. The number of rotatable bonds is 6. The summed E-state index contributed by atoms with van der Waals surface area (Å²) in [6, 6.07) is 0. The van der Waals surface area contributed by atoms with Gasteiger partial charge < -0.3 is 14.4 Å². The Labute approximate surface area is 123 Å². The van der Waals surface area contributed by atoms with Crippen molar-refractivity contribution < 1.29 is 28.7 Å². The summed E-state index contributed by atoms with van der Waals surface area (Å²) in [5.74, 6) is -5.56. The molecule has 1 saturated heterocycles. The van der Waals surface area contributed by atoms with Gasteiger partial charge in [-0.05, 0) is 19.3 Å². The smallest absolute Gasteiger partial charge is 0.320 e. The Morgan fingerprint density at radius 2 is 1.48 bits per heavy atom. The van der Waals surface area contributed by atoms with Crippen LogP contribution in [-0.2, 0) is 28.7 Å². The highest BCUT2D eigenvalue weighted by molar-refractivity contribution is 6.37. The van der Waals surface area contributed by atoms with Gasteiger partial charge in [-0.3, -0.25) is 19.2 Å². The van der Waals surface area contributed by atoms with Gasteiger partial charge in [-0.1, -0.05) is 6.92 Å². The van der Waals surface area contributed by atoms with Gasteiger partial charge in [0.05, 0.1) is 20.1 Å². The van der Waals surface area contributed by atoms with Crippen LogP contribution in [0, 0.1) is 11.8 Å². The first-order chi connectivity index (χ1) is 9.97. The molecular weight excluding hydrogens is 278 g/mol. The first-order valence-corrected chi connectivity index (χ1v) is 6.96. The molecule has 1 aliphatic rings. The number of hydrogen-bond acceptors (Lipinski definition) is 6. The fourth-order valence-corrected chi connectivity index (χ4v) is 2.49. The standard InChI is InChI=1S/C14H21NO6/c1-4-9(10(13(18)20-2)14(19)21-3)11(16)12(17)15-7-5-6-8-15/h9-10H,4-8H2,1-3H3/t9-/m1/s1. The lowest BCUT2D eigenvalue weighted by atomic mass is 9.85. The molecule has 7 nitrogen and oxygen atoms in total. The summed E-state index contributed by atoms with van der Waals surface area (Å²) in [6.45, 7) is 2.70. The summed E-state index contributed by atoms with van der Waals surface area (Å²) < 4.78 is 9.11. The van der Waals surface area contributed by atoms with Crippen LogP contribution in [0.4, 0.5) is 0 Å². The van der Waals surface area contributed by atoms with Crippen molar-refractivity contribution in [2.45, 2.75) is 26.2 Å². The first kappa shape index (κ1) is 17.1. The van der Waals surface area contributed by atoms with Crippen molar-refractivity contribution in [3.63, 3.8) is 0 Å². The number of esters is 2. The van der Waals surface area contributed by atoms with E-state index in [0.717, 1.165) is 27.1 Å².